The first-order valence-electron chi connectivity index (χ1n) is 6.61. The molecule has 0 saturated carbocycles. The zero-order valence-corrected chi connectivity index (χ0v) is 11.1. The van der Waals surface area contributed by atoms with E-state index in [9.17, 15) is 13.2 Å². The Morgan fingerprint density at radius 3 is 2.60 bits per heavy atom. The van der Waals surface area contributed by atoms with Gasteiger partial charge in [0.2, 0.25) is 0 Å². The van der Waals surface area contributed by atoms with Crippen molar-refractivity contribution in [3.8, 4) is 0 Å². The van der Waals surface area contributed by atoms with E-state index >= 15 is 0 Å². The molecular weight excluding hydrogens is 269 g/mol. The maximum absolute atomic E-state index is 12.7. The van der Waals surface area contributed by atoms with Gasteiger partial charge in [0.05, 0.1) is 0 Å². The number of piperidine rings is 1. The molecule has 2 aromatic rings. The van der Waals surface area contributed by atoms with Crippen molar-refractivity contribution >= 4 is 11.5 Å². The van der Waals surface area contributed by atoms with Crippen molar-refractivity contribution in [2.24, 2.45) is 5.92 Å². The molecule has 108 valence electrons. The Bertz CT molecular complexity index is 612. The molecule has 0 unspecified atom stereocenters. The monoisotopic (exact) mass is 284 g/mol. The summed E-state index contributed by atoms with van der Waals surface area (Å²) in [5, 5.41) is 0. The largest absolute Gasteiger partial charge is 0.434 e. The van der Waals surface area contributed by atoms with Crippen molar-refractivity contribution in [1.29, 1.82) is 0 Å². The minimum Gasteiger partial charge on any atom is -0.354 e. The Balaban J connectivity index is 2.01. The van der Waals surface area contributed by atoms with Gasteiger partial charge in [0.1, 0.15) is 0 Å². The average molecular weight is 284 g/mol. The molecule has 0 spiro atoms. The number of anilines is 1. The molecule has 20 heavy (non-hydrogen) atoms. The predicted molar refractivity (Wildman–Crippen MR) is 68.6 cm³/mol. The summed E-state index contributed by atoms with van der Waals surface area (Å²) in [5.74, 6) is 1.19. The zero-order chi connectivity index (χ0) is 14.3. The van der Waals surface area contributed by atoms with Crippen LogP contribution in [0.1, 0.15) is 25.5 Å². The topological polar surface area (TPSA) is 33.4 Å². The van der Waals surface area contributed by atoms with Gasteiger partial charge >= 0.3 is 6.18 Å². The number of aromatic nitrogens is 3. The summed E-state index contributed by atoms with van der Waals surface area (Å²) in [7, 11) is 0. The Hall–Kier alpha value is -1.79. The van der Waals surface area contributed by atoms with Crippen LogP contribution in [0.4, 0.5) is 19.0 Å². The number of rotatable bonds is 1. The molecule has 1 saturated heterocycles. The van der Waals surface area contributed by atoms with Gasteiger partial charge in [0.15, 0.2) is 17.2 Å². The summed E-state index contributed by atoms with van der Waals surface area (Å²) in [6.45, 7) is 3.80. The average Bonchev–Trinajstić information content (AvgIpc) is 2.83. The first-order chi connectivity index (χ1) is 9.45. The number of alkyl halides is 3. The fourth-order valence-corrected chi connectivity index (χ4v) is 2.49. The molecule has 0 radical (unpaired) electrons. The van der Waals surface area contributed by atoms with Crippen LogP contribution in [0.5, 0.6) is 0 Å². The summed E-state index contributed by atoms with van der Waals surface area (Å²) in [6, 6.07) is 0. The molecule has 0 atom stereocenters. The molecule has 7 heteroatoms. The summed E-state index contributed by atoms with van der Waals surface area (Å²) in [5.41, 5.74) is -0.605. The lowest BCUT2D eigenvalue weighted by Crippen LogP contribution is -2.33. The molecule has 2 aromatic heterocycles. The van der Waals surface area contributed by atoms with Crippen LogP contribution in [0.2, 0.25) is 0 Å². The predicted octanol–water partition coefficient (Wildman–Crippen LogP) is 2.98. The number of halogens is 3. The van der Waals surface area contributed by atoms with E-state index in [1.807, 2.05) is 4.90 Å². The van der Waals surface area contributed by atoms with Crippen LogP contribution >= 0.6 is 0 Å². The summed E-state index contributed by atoms with van der Waals surface area (Å²) in [4.78, 5) is 9.95. The summed E-state index contributed by atoms with van der Waals surface area (Å²) >= 11 is 0. The van der Waals surface area contributed by atoms with Crippen LogP contribution in [0.25, 0.3) is 5.65 Å². The SMILES string of the molecule is CC1CCN(c2nccn3cc(C(F)(F)F)nc23)CC1. The van der Waals surface area contributed by atoms with Crippen molar-refractivity contribution in [1.82, 2.24) is 14.4 Å². The number of fused-ring (bicyclic) bond motifs is 1. The van der Waals surface area contributed by atoms with Crippen LogP contribution < -0.4 is 4.90 Å². The minimum atomic E-state index is -4.43. The van der Waals surface area contributed by atoms with Gasteiger partial charge < -0.3 is 9.30 Å². The van der Waals surface area contributed by atoms with Gasteiger partial charge in [0.25, 0.3) is 0 Å². The Morgan fingerprint density at radius 1 is 1.25 bits per heavy atom. The maximum atomic E-state index is 12.7. The molecule has 1 aliphatic rings. The first-order valence-corrected chi connectivity index (χ1v) is 6.61. The van der Waals surface area contributed by atoms with Crippen molar-refractivity contribution < 1.29 is 13.2 Å². The molecule has 4 nitrogen and oxygen atoms in total. The van der Waals surface area contributed by atoms with Gasteiger partial charge in [-0.1, -0.05) is 6.92 Å². The van der Waals surface area contributed by atoms with E-state index in [0.29, 0.717) is 11.7 Å². The Labute approximate surface area is 114 Å². The maximum Gasteiger partial charge on any atom is 0.434 e. The number of nitrogens with zero attached hydrogens (tertiary/aromatic N) is 4. The highest BCUT2D eigenvalue weighted by Gasteiger charge is 2.34. The third-order valence-electron chi connectivity index (χ3n) is 3.73. The summed E-state index contributed by atoms with van der Waals surface area (Å²) < 4.78 is 39.6. The lowest BCUT2D eigenvalue weighted by atomic mass is 9.99. The standard InChI is InChI=1S/C13H15F3N4/c1-9-2-5-19(6-3-9)11-12-18-10(13(14,15)16)8-20(12)7-4-17-11/h4,7-9H,2-3,5-6H2,1H3. The van der Waals surface area contributed by atoms with E-state index in [1.54, 1.807) is 0 Å². The second-order valence-corrected chi connectivity index (χ2v) is 5.28. The second kappa shape index (κ2) is 4.64. The highest BCUT2D eigenvalue weighted by molar-refractivity contribution is 5.64. The van der Waals surface area contributed by atoms with Crippen LogP contribution in [0, 0.1) is 5.92 Å². The van der Waals surface area contributed by atoms with Gasteiger partial charge in [0, 0.05) is 31.7 Å². The van der Waals surface area contributed by atoms with Crippen molar-refractivity contribution in [2.75, 3.05) is 18.0 Å². The second-order valence-electron chi connectivity index (χ2n) is 5.28. The van der Waals surface area contributed by atoms with E-state index in [2.05, 4.69) is 16.9 Å². The van der Waals surface area contributed by atoms with Crippen LogP contribution in [0.3, 0.4) is 0 Å². The third kappa shape index (κ3) is 2.32. The molecular formula is C13H15F3N4. The normalized spacial score (nSPS) is 17.9. The molecule has 0 aliphatic carbocycles. The lowest BCUT2D eigenvalue weighted by Gasteiger charge is -2.31. The van der Waals surface area contributed by atoms with Crippen molar-refractivity contribution in [2.45, 2.75) is 25.9 Å². The molecule has 3 heterocycles. The Morgan fingerprint density at radius 2 is 1.95 bits per heavy atom. The first kappa shape index (κ1) is 13.2. The van der Waals surface area contributed by atoms with Gasteiger partial charge in [-0.2, -0.15) is 13.2 Å². The van der Waals surface area contributed by atoms with Gasteiger partial charge in [-0.05, 0) is 18.8 Å². The molecule has 0 N–H and O–H groups in total. The number of hydrogen-bond acceptors (Lipinski definition) is 3. The fourth-order valence-electron chi connectivity index (χ4n) is 2.49. The smallest absolute Gasteiger partial charge is 0.354 e. The van der Waals surface area contributed by atoms with Crippen molar-refractivity contribution in [3.63, 3.8) is 0 Å². The third-order valence-corrected chi connectivity index (χ3v) is 3.73. The molecule has 3 rings (SSSR count). The molecule has 0 aromatic carbocycles. The molecule has 1 fully saturated rings. The molecule has 1 aliphatic heterocycles. The van der Waals surface area contributed by atoms with Gasteiger partial charge in [-0.3, -0.25) is 0 Å². The lowest BCUT2D eigenvalue weighted by molar-refractivity contribution is -0.140. The highest BCUT2D eigenvalue weighted by atomic mass is 19.4. The van der Waals surface area contributed by atoms with Gasteiger partial charge in [-0.15, -0.1) is 0 Å². The van der Waals surface area contributed by atoms with Crippen molar-refractivity contribution in [3.05, 3.63) is 24.3 Å². The number of hydrogen-bond donors (Lipinski definition) is 0. The quantitative estimate of drug-likeness (QED) is 0.807. The molecule has 0 amide bonds. The van der Waals surface area contributed by atoms with E-state index < -0.39 is 11.9 Å². The highest BCUT2D eigenvalue weighted by Crippen LogP contribution is 2.31. The molecule has 0 bridgehead atoms. The van der Waals surface area contributed by atoms with E-state index in [4.69, 9.17) is 0 Å². The fraction of sp³-hybridized carbons (Fsp3) is 0.538. The van der Waals surface area contributed by atoms with E-state index in [0.717, 1.165) is 32.1 Å². The summed E-state index contributed by atoms with van der Waals surface area (Å²) in [6.07, 6.45) is 1.63. The van der Waals surface area contributed by atoms with Crippen LogP contribution in [-0.4, -0.2) is 27.5 Å². The number of imidazole rings is 1. The van der Waals surface area contributed by atoms with Gasteiger partial charge in [-0.25, -0.2) is 9.97 Å². The van der Waals surface area contributed by atoms with E-state index in [-0.39, 0.29) is 5.65 Å². The minimum absolute atomic E-state index is 0.273. The zero-order valence-electron chi connectivity index (χ0n) is 11.1. The van der Waals surface area contributed by atoms with E-state index in [1.165, 1.54) is 16.8 Å². The Kier molecular flexibility index (Phi) is 3.07. The van der Waals surface area contributed by atoms with Crippen LogP contribution in [-0.2, 0) is 6.18 Å². The van der Waals surface area contributed by atoms with Crippen LogP contribution in [0.15, 0.2) is 18.6 Å².